The minimum Gasteiger partial charge on any atom is -0.311 e. The van der Waals surface area contributed by atoms with E-state index in [9.17, 15) is 10.1 Å². The molecule has 0 aromatic heterocycles. The van der Waals surface area contributed by atoms with Gasteiger partial charge in [-0.15, -0.1) is 0 Å². The summed E-state index contributed by atoms with van der Waals surface area (Å²) in [4.78, 5) is 15.0. The Morgan fingerprint density at radius 1 is 0.533 bits per heavy atom. The lowest BCUT2D eigenvalue weighted by Gasteiger charge is -2.26. The molecule has 45 heavy (non-hydrogen) atoms. The summed E-state index contributed by atoms with van der Waals surface area (Å²) in [6, 6.07) is 52.6. The van der Waals surface area contributed by atoms with E-state index in [1.807, 2.05) is 84.9 Å². The van der Waals surface area contributed by atoms with Crippen LogP contribution in [0.4, 0.5) is 17.1 Å². The molecule has 216 valence electrons. The van der Waals surface area contributed by atoms with Gasteiger partial charge in [-0.3, -0.25) is 4.79 Å². The maximum atomic E-state index is 12.8. The lowest BCUT2D eigenvalue weighted by Crippen LogP contribution is -2.09. The Kier molecular flexibility index (Phi) is 8.49. The Labute approximate surface area is 265 Å². The second-order valence-electron chi connectivity index (χ2n) is 11.1. The highest BCUT2D eigenvalue weighted by molar-refractivity contribution is 6.09. The van der Waals surface area contributed by atoms with Gasteiger partial charge < -0.3 is 4.90 Å². The van der Waals surface area contributed by atoms with E-state index in [4.69, 9.17) is 0 Å². The highest BCUT2D eigenvalue weighted by atomic mass is 16.1. The number of hydrogen-bond donors (Lipinski definition) is 0. The van der Waals surface area contributed by atoms with Crippen LogP contribution in [0.15, 0.2) is 152 Å². The Morgan fingerprint density at radius 2 is 0.956 bits per heavy atom. The van der Waals surface area contributed by atoms with Crippen LogP contribution in [0, 0.1) is 25.2 Å². The van der Waals surface area contributed by atoms with Crippen LogP contribution in [0.5, 0.6) is 0 Å². The molecule has 0 amide bonds. The summed E-state index contributed by atoms with van der Waals surface area (Å²) in [7, 11) is 0. The molecule has 6 aromatic carbocycles. The number of rotatable bonds is 8. The number of allylic oxidation sites excluding steroid dienone is 1. The van der Waals surface area contributed by atoms with E-state index in [1.165, 1.54) is 11.1 Å². The quantitative estimate of drug-likeness (QED) is 0.102. The van der Waals surface area contributed by atoms with Gasteiger partial charge in [0.1, 0.15) is 0 Å². The molecule has 0 N–H and O–H groups in total. The van der Waals surface area contributed by atoms with Crippen molar-refractivity contribution >= 4 is 34.5 Å². The first kappa shape index (κ1) is 29.1. The molecule has 0 atom stereocenters. The number of ketones is 1. The van der Waals surface area contributed by atoms with Crippen molar-refractivity contribution in [1.82, 2.24) is 0 Å². The molecule has 3 heteroatoms. The van der Waals surface area contributed by atoms with Crippen LogP contribution in [0.1, 0.15) is 38.2 Å². The summed E-state index contributed by atoms with van der Waals surface area (Å²) in [5.74, 6) is 0.00679. The molecule has 0 aliphatic rings. The summed E-state index contributed by atoms with van der Waals surface area (Å²) in [5, 5.41) is 10.0. The predicted octanol–water partition coefficient (Wildman–Crippen LogP) is 10.7. The van der Waals surface area contributed by atoms with Gasteiger partial charge in [0.15, 0.2) is 5.78 Å². The van der Waals surface area contributed by atoms with Crippen LogP contribution >= 0.6 is 0 Å². The minimum absolute atomic E-state index is 0.00679. The monoisotopic (exact) mass is 580 g/mol. The van der Waals surface area contributed by atoms with Crippen LogP contribution in [-0.4, -0.2) is 5.78 Å². The van der Waals surface area contributed by atoms with Gasteiger partial charge >= 0.3 is 0 Å². The molecule has 0 aliphatic carbocycles. The van der Waals surface area contributed by atoms with Crippen molar-refractivity contribution in [2.75, 3.05) is 4.90 Å². The van der Waals surface area contributed by atoms with Gasteiger partial charge in [-0.2, -0.15) is 5.26 Å². The molecular weight excluding hydrogens is 548 g/mol. The van der Waals surface area contributed by atoms with E-state index in [1.54, 1.807) is 0 Å². The van der Waals surface area contributed by atoms with Gasteiger partial charge in [0.05, 0.1) is 11.6 Å². The largest absolute Gasteiger partial charge is 0.311 e. The molecule has 3 nitrogen and oxygen atoms in total. The van der Waals surface area contributed by atoms with Gasteiger partial charge in [0, 0.05) is 28.2 Å². The van der Waals surface area contributed by atoms with Gasteiger partial charge in [-0.1, -0.05) is 126 Å². The normalized spacial score (nSPS) is 11.1. The highest BCUT2D eigenvalue weighted by Gasteiger charge is 2.13. The fraction of sp³-hybridized carbons (Fsp3) is 0.0476. The van der Waals surface area contributed by atoms with Crippen LogP contribution in [0.2, 0.25) is 0 Å². The molecule has 0 saturated carbocycles. The summed E-state index contributed by atoms with van der Waals surface area (Å²) >= 11 is 0. The van der Waals surface area contributed by atoms with Gasteiger partial charge in [0.2, 0.25) is 0 Å². The second-order valence-corrected chi connectivity index (χ2v) is 11.1. The Hall–Kier alpha value is -5.98. The first-order valence-electron chi connectivity index (χ1n) is 14.9. The fourth-order valence-corrected chi connectivity index (χ4v) is 5.31. The second kappa shape index (κ2) is 13.1. The number of nitriles is 1. The molecule has 0 heterocycles. The number of carbonyl (C=O) groups excluding carboxylic acids is 1. The van der Waals surface area contributed by atoms with Crippen molar-refractivity contribution in [1.29, 1.82) is 5.26 Å². The van der Waals surface area contributed by atoms with Crippen molar-refractivity contribution in [3.05, 3.63) is 185 Å². The van der Waals surface area contributed by atoms with Crippen molar-refractivity contribution in [2.24, 2.45) is 0 Å². The van der Waals surface area contributed by atoms with Crippen molar-refractivity contribution in [2.45, 2.75) is 13.8 Å². The zero-order valence-corrected chi connectivity index (χ0v) is 25.3. The maximum Gasteiger partial charge on any atom is 0.193 e. The number of benzene rings is 6. The summed E-state index contributed by atoms with van der Waals surface area (Å²) < 4.78 is 0. The average molecular weight is 581 g/mol. The first-order valence-corrected chi connectivity index (χ1v) is 14.9. The Bertz CT molecular complexity index is 1940. The third-order valence-electron chi connectivity index (χ3n) is 7.88. The zero-order valence-electron chi connectivity index (χ0n) is 25.3. The van der Waals surface area contributed by atoms with Crippen LogP contribution < -0.4 is 4.90 Å². The van der Waals surface area contributed by atoms with E-state index < -0.39 is 0 Å². The summed E-state index contributed by atoms with van der Waals surface area (Å²) in [6.07, 6.45) is 1.92. The number of nitrogens with zero attached hydrogens (tertiary/aromatic N) is 2. The average Bonchev–Trinajstić information content (AvgIpc) is 3.10. The van der Waals surface area contributed by atoms with Crippen LogP contribution in [-0.2, 0) is 0 Å². The number of aryl methyl sites for hydroxylation is 2. The SMILES string of the molecule is Cc1ccc(N(c2ccc(C)cc2)c2ccc(/C=C(\C#N)c3ccc(-c4ccc(C(=O)c5ccccc5)cc4)cc3)cc2)cc1. The molecule has 0 aliphatic heterocycles. The molecule has 0 saturated heterocycles. The zero-order chi connectivity index (χ0) is 31.2. The lowest BCUT2D eigenvalue weighted by molar-refractivity contribution is 0.103. The fourth-order valence-electron chi connectivity index (χ4n) is 5.31. The van der Waals surface area contributed by atoms with Gasteiger partial charge in [0.25, 0.3) is 0 Å². The summed E-state index contributed by atoms with van der Waals surface area (Å²) in [5.41, 5.74) is 11.4. The molecule has 0 fully saturated rings. The van der Waals surface area contributed by atoms with Crippen molar-refractivity contribution in [3.8, 4) is 17.2 Å². The first-order chi connectivity index (χ1) is 22.0. The number of hydrogen-bond acceptors (Lipinski definition) is 3. The van der Waals surface area contributed by atoms with E-state index in [2.05, 4.69) is 97.6 Å². The van der Waals surface area contributed by atoms with Gasteiger partial charge in [-0.25, -0.2) is 0 Å². The topological polar surface area (TPSA) is 44.1 Å². The van der Waals surface area contributed by atoms with Gasteiger partial charge in [-0.05, 0) is 78.6 Å². The number of anilines is 3. The smallest absolute Gasteiger partial charge is 0.193 e. The number of carbonyl (C=O) groups is 1. The standard InChI is InChI=1S/C42H32N2O/c1-30-8-22-39(23-9-30)44(40-24-10-31(2)11-25-40)41-26-12-32(13-27-41)28-38(29-43)35-16-14-33(15-17-35)34-18-20-37(21-19-34)42(45)36-6-4-3-5-7-36/h3-28H,1-2H3/b38-28+. The van der Waals surface area contributed by atoms with Crippen LogP contribution in [0.3, 0.4) is 0 Å². The molecule has 0 spiro atoms. The minimum atomic E-state index is 0.00679. The maximum absolute atomic E-state index is 12.8. The Balaban J connectivity index is 1.21. The van der Waals surface area contributed by atoms with Crippen molar-refractivity contribution < 1.29 is 4.79 Å². The third kappa shape index (κ3) is 6.67. The van der Waals surface area contributed by atoms with E-state index >= 15 is 0 Å². The Morgan fingerprint density at radius 3 is 1.42 bits per heavy atom. The highest BCUT2D eigenvalue weighted by Crippen LogP contribution is 2.35. The lowest BCUT2D eigenvalue weighted by atomic mass is 9.97. The molecule has 0 radical (unpaired) electrons. The van der Waals surface area contributed by atoms with Crippen molar-refractivity contribution in [3.63, 3.8) is 0 Å². The van der Waals surface area contributed by atoms with Crippen LogP contribution in [0.25, 0.3) is 22.8 Å². The van der Waals surface area contributed by atoms with E-state index in [0.29, 0.717) is 16.7 Å². The molecule has 0 bridgehead atoms. The van der Waals surface area contributed by atoms with E-state index in [-0.39, 0.29) is 5.78 Å². The third-order valence-corrected chi connectivity index (χ3v) is 7.88. The summed E-state index contributed by atoms with van der Waals surface area (Å²) in [6.45, 7) is 4.18. The molecule has 0 unspecified atom stereocenters. The molecule has 6 rings (SSSR count). The molecular formula is C42H32N2O. The van der Waals surface area contributed by atoms with E-state index in [0.717, 1.165) is 39.3 Å². The predicted molar refractivity (Wildman–Crippen MR) is 186 cm³/mol. The molecule has 6 aromatic rings.